The maximum absolute atomic E-state index is 13.7. The van der Waals surface area contributed by atoms with Gasteiger partial charge in [0, 0.05) is 11.6 Å². The van der Waals surface area contributed by atoms with E-state index in [9.17, 15) is 14.3 Å². The van der Waals surface area contributed by atoms with Gasteiger partial charge < -0.3 is 16.2 Å². The first-order valence-corrected chi connectivity index (χ1v) is 6.59. The standard InChI is InChI=1S/C16H17FN2O2/c1-10(8-11-2-5-13(20)6-3-11)19-15-9-12(16(18)21)4-7-14(15)17/h2-7,9-10,19-20H,8H2,1H3,(H2,18,21). The van der Waals surface area contributed by atoms with Crippen LogP contribution in [-0.2, 0) is 6.42 Å². The SMILES string of the molecule is CC(Cc1ccc(O)cc1)Nc1cc(C(N)=O)ccc1F. The van der Waals surface area contributed by atoms with Gasteiger partial charge in [-0.15, -0.1) is 0 Å². The van der Waals surface area contributed by atoms with Crippen LogP contribution in [-0.4, -0.2) is 17.1 Å². The van der Waals surface area contributed by atoms with E-state index in [1.54, 1.807) is 12.1 Å². The average Bonchev–Trinajstić information content (AvgIpc) is 2.43. The summed E-state index contributed by atoms with van der Waals surface area (Å²) in [5.41, 5.74) is 6.71. The summed E-state index contributed by atoms with van der Waals surface area (Å²) in [7, 11) is 0. The number of phenolic OH excluding ortho intramolecular Hbond substituents is 1. The van der Waals surface area contributed by atoms with Gasteiger partial charge in [0.1, 0.15) is 11.6 Å². The van der Waals surface area contributed by atoms with Gasteiger partial charge in [0.05, 0.1) is 5.69 Å². The monoisotopic (exact) mass is 288 g/mol. The highest BCUT2D eigenvalue weighted by atomic mass is 19.1. The number of hydrogen-bond acceptors (Lipinski definition) is 3. The molecule has 4 nitrogen and oxygen atoms in total. The zero-order valence-corrected chi connectivity index (χ0v) is 11.6. The van der Waals surface area contributed by atoms with Gasteiger partial charge in [-0.3, -0.25) is 4.79 Å². The lowest BCUT2D eigenvalue weighted by atomic mass is 10.1. The van der Waals surface area contributed by atoms with Crippen molar-refractivity contribution in [2.24, 2.45) is 5.73 Å². The predicted octanol–water partition coefficient (Wildman–Crippen LogP) is 2.67. The number of carbonyl (C=O) groups is 1. The molecule has 1 amide bonds. The van der Waals surface area contributed by atoms with Crippen molar-refractivity contribution in [3.63, 3.8) is 0 Å². The highest BCUT2D eigenvalue weighted by molar-refractivity contribution is 5.93. The molecule has 21 heavy (non-hydrogen) atoms. The molecule has 0 aliphatic heterocycles. The van der Waals surface area contributed by atoms with E-state index in [4.69, 9.17) is 5.73 Å². The van der Waals surface area contributed by atoms with Gasteiger partial charge in [-0.05, 0) is 49.2 Å². The molecule has 4 N–H and O–H groups in total. The number of hydrogen-bond donors (Lipinski definition) is 3. The van der Waals surface area contributed by atoms with Crippen molar-refractivity contribution in [3.8, 4) is 5.75 Å². The first-order chi connectivity index (χ1) is 9.95. The maximum Gasteiger partial charge on any atom is 0.248 e. The number of nitrogens with one attached hydrogen (secondary N) is 1. The molecule has 0 aliphatic rings. The fourth-order valence-electron chi connectivity index (χ4n) is 2.09. The number of nitrogens with two attached hydrogens (primary N) is 1. The number of phenols is 1. The van der Waals surface area contributed by atoms with E-state index < -0.39 is 11.7 Å². The largest absolute Gasteiger partial charge is 0.508 e. The molecule has 2 aromatic rings. The van der Waals surface area contributed by atoms with Crippen LogP contribution in [0.15, 0.2) is 42.5 Å². The van der Waals surface area contributed by atoms with Crippen molar-refractivity contribution >= 4 is 11.6 Å². The Balaban J connectivity index is 2.08. The third-order valence-corrected chi connectivity index (χ3v) is 3.13. The summed E-state index contributed by atoms with van der Waals surface area (Å²) in [5.74, 6) is -0.818. The normalized spacial score (nSPS) is 11.9. The lowest BCUT2D eigenvalue weighted by Gasteiger charge is -2.16. The third kappa shape index (κ3) is 3.95. The molecule has 0 heterocycles. The minimum Gasteiger partial charge on any atom is -0.508 e. The van der Waals surface area contributed by atoms with Gasteiger partial charge in [0.15, 0.2) is 0 Å². The maximum atomic E-state index is 13.7. The fraction of sp³-hybridized carbons (Fsp3) is 0.188. The van der Waals surface area contributed by atoms with Crippen molar-refractivity contribution in [1.29, 1.82) is 0 Å². The van der Waals surface area contributed by atoms with Crippen LogP contribution in [0.2, 0.25) is 0 Å². The number of rotatable bonds is 5. The number of aromatic hydroxyl groups is 1. The van der Waals surface area contributed by atoms with Crippen molar-refractivity contribution < 1.29 is 14.3 Å². The molecule has 5 heteroatoms. The minimum absolute atomic E-state index is 0.0489. The molecule has 1 atom stereocenters. The molecular formula is C16H17FN2O2. The first kappa shape index (κ1) is 14.8. The Morgan fingerprint density at radius 2 is 1.95 bits per heavy atom. The Bertz CT molecular complexity index is 641. The second kappa shape index (κ2) is 6.26. The molecule has 2 aromatic carbocycles. The molecule has 0 aliphatic carbocycles. The Kier molecular flexibility index (Phi) is 4.42. The van der Waals surface area contributed by atoms with E-state index in [0.717, 1.165) is 5.56 Å². The van der Waals surface area contributed by atoms with Gasteiger partial charge in [0.25, 0.3) is 0 Å². The second-order valence-corrected chi connectivity index (χ2v) is 4.97. The Morgan fingerprint density at radius 1 is 1.29 bits per heavy atom. The highest BCUT2D eigenvalue weighted by Gasteiger charge is 2.10. The lowest BCUT2D eigenvalue weighted by molar-refractivity contribution is 0.100. The second-order valence-electron chi connectivity index (χ2n) is 4.97. The molecule has 0 spiro atoms. The smallest absolute Gasteiger partial charge is 0.248 e. The van der Waals surface area contributed by atoms with Crippen molar-refractivity contribution in [2.75, 3.05) is 5.32 Å². The summed E-state index contributed by atoms with van der Waals surface area (Å²) in [6, 6.07) is 10.8. The van der Waals surface area contributed by atoms with Crippen LogP contribution in [0.3, 0.4) is 0 Å². The zero-order valence-electron chi connectivity index (χ0n) is 11.6. The summed E-state index contributed by atoms with van der Waals surface area (Å²) in [5, 5.41) is 12.3. The van der Waals surface area contributed by atoms with Crippen LogP contribution in [0.5, 0.6) is 5.75 Å². The minimum atomic E-state index is -0.593. The highest BCUT2D eigenvalue weighted by Crippen LogP contribution is 2.18. The molecule has 0 aromatic heterocycles. The van der Waals surface area contributed by atoms with E-state index >= 15 is 0 Å². The zero-order chi connectivity index (χ0) is 15.4. The van der Waals surface area contributed by atoms with Crippen molar-refractivity contribution in [2.45, 2.75) is 19.4 Å². The van der Waals surface area contributed by atoms with E-state index in [1.165, 1.54) is 18.2 Å². The van der Waals surface area contributed by atoms with Gasteiger partial charge in [-0.2, -0.15) is 0 Å². The van der Waals surface area contributed by atoms with Gasteiger partial charge in [-0.1, -0.05) is 12.1 Å². The van der Waals surface area contributed by atoms with Crippen molar-refractivity contribution in [3.05, 3.63) is 59.4 Å². The summed E-state index contributed by atoms with van der Waals surface area (Å²) in [6.45, 7) is 1.91. The number of halogens is 1. The van der Waals surface area contributed by atoms with Gasteiger partial charge in [-0.25, -0.2) is 4.39 Å². The summed E-state index contributed by atoms with van der Waals surface area (Å²) < 4.78 is 13.7. The molecule has 2 rings (SSSR count). The number of anilines is 1. The lowest BCUT2D eigenvalue weighted by Crippen LogP contribution is -2.20. The van der Waals surface area contributed by atoms with Crippen LogP contribution in [0.25, 0.3) is 0 Å². The molecule has 0 saturated carbocycles. The van der Waals surface area contributed by atoms with Gasteiger partial charge in [0.2, 0.25) is 5.91 Å². The fourth-order valence-corrected chi connectivity index (χ4v) is 2.09. The van der Waals surface area contributed by atoms with Crippen molar-refractivity contribution in [1.82, 2.24) is 0 Å². The van der Waals surface area contributed by atoms with Crippen LogP contribution < -0.4 is 11.1 Å². The Morgan fingerprint density at radius 3 is 2.57 bits per heavy atom. The third-order valence-electron chi connectivity index (χ3n) is 3.13. The van der Waals surface area contributed by atoms with Gasteiger partial charge >= 0.3 is 0 Å². The van der Waals surface area contributed by atoms with Crippen LogP contribution in [0, 0.1) is 5.82 Å². The Hall–Kier alpha value is -2.56. The summed E-state index contributed by atoms with van der Waals surface area (Å²) in [4.78, 5) is 11.1. The first-order valence-electron chi connectivity index (χ1n) is 6.59. The van der Waals surface area contributed by atoms with E-state index in [1.807, 2.05) is 19.1 Å². The summed E-state index contributed by atoms with van der Waals surface area (Å²) in [6.07, 6.45) is 0.653. The molecule has 110 valence electrons. The average molecular weight is 288 g/mol. The van der Waals surface area contributed by atoms with E-state index in [-0.39, 0.29) is 23.0 Å². The molecule has 0 fully saturated rings. The van der Waals surface area contributed by atoms with Crippen LogP contribution in [0.4, 0.5) is 10.1 Å². The number of primary amides is 1. The van der Waals surface area contributed by atoms with Crippen LogP contribution in [0.1, 0.15) is 22.8 Å². The van der Waals surface area contributed by atoms with E-state index in [2.05, 4.69) is 5.32 Å². The molecular weight excluding hydrogens is 271 g/mol. The topological polar surface area (TPSA) is 75.3 Å². The number of benzene rings is 2. The summed E-state index contributed by atoms with van der Waals surface area (Å²) >= 11 is 0. The van der Waals surface area contributed by atoms with Crippen LogP contribution >= 0.6 is 0 Å². The predicted molar refractivity (Wildman–Crippen MR) is 79.8 cm³/mol. The van der Waals surface area contributed by atoms with E-state index in [0.29, 0.717) is 6.42 Å². The molecule has 0 bridgehead atoms. The molecule has 0 radical (unpaired) electrons. The Labute approximate surface area is 122 Å². The quantitative estimate of drug-likeness (QED) is 0.791. The molecule has 0 saturated heterocycles. The molecule has 1 unspecified atom stereocenters. The number of carbonyl (C=O) groups excluding carboxylic acids is 1. The number of amides is 1.